The van der Waals surface area contributed by atoms with Gasteiger partial charge >= 0.3 is 0 Å². The Morgan fingerprint density at radius 3 is 2.78 bits per heavy atom. The minimum absolute atomic E-state index is 0.0354. The monoisotopic (exact) mass is 148 g/mol. The highest BCUT2D eigenvalue weighted by Crippen LogP contribution is 1.74. The van der Waals surface area contributed by atoms with Crippen LogP contribution >= 0.6 is 12.6 Å². The summed E-state index contributed by atoms with van der Waals surface area (Å²) in [4.78, 5) is 10.5. The summed E-state index contributed by atoms with van der Waals surface area (Å²) in [5.74, 6) is 0.219. The van der Waals surface area contributed by atoms with Crippen molar-refractivity contribution in [2.45, 2.75) is 6.42 Å². The van der Waals surface area contributed by atoms with Crippen LogP contribution in [-0.2, 0) is 4.79 Å². The summed E-state index contributed by atoms with van der Waals surface area (Å²) in [6, 6.07) is 0. The minimum Gasteiger partial charge on any atom is -0.355 e. The second-order valence-electron chi connectivity index (χ2n) is 1.65. The third-order valence-corrected chi connectivity index (χ3v) is 1.13. The average Bonchev–Trinajstić information content (AvgIpc) is 1.89. The van der Waals surface area contributed by atoms with Crippen LogP contribution in [0.2, 0.25) is 0 Å². The molecule has 0 aliphatic rings. The Labute approximate surface area is 60.4 Å². The van der Waals surface area contributed by atoms with Crippen molar-refractivity contribution >= 4 is 18.5 Å². The van der Waals surface area contributed by atoms with E-state index >= 15 is 0 Å². The molecule has 1 amide bonds. The van der Waals surface area contributed by atoms with Crippen LogP contribution in [0.3, 0.4) is 0 Å². The van der Waals surface area contributed by atoms with Gasteiger partial charge in [-0.1, -0.05) is 0 Å². The van der Waals surface area contributed by atoms with E-state index in [1.165, 1.54) is 0 Å². The second-order valence-corrected chi connectivity index (χ2v) is 1.97. The fourth-order valence-corrected chi connectivity index (χ4v) is 0.498. The van der Waals surface area contributed by atoms with Gasteiger partial charge in [-0.3, -0.25) is 4.79 Å². The molecule has 0 heterocycles. The summed E-state index contributed by atoms with van der Waals surface area (Å²) in [6.07, 6.45) is 0.833. The summed E-state index contributed by atoms with van der Waals surface area (Å²) in [5, 5.41) is 2.64. The molecule has 54 valence electrons. The first-order chi connectivity index (χ1) is 4.31. The molecule has 0 aliphatic carbocycles. The number of carbonyl (C=O) groups excluding carboxylic acids is 1. The van der Waals surface area contributed by atoms with Crippen molar-refractivity contribution in [3.63, 3.8) is 0 Å². The van der Waals surface area contributed by atoms with Gasteiger partial charge in [0, 0.05) is 6.54 Å². The van der Waals surface area contributed by atoms with Gasteiger partial charge in [0.1, 0.15) is 0 Å². The van der Waals surface area contributed by atoms with Crippen molar-refractivity contribution in [2.24, 2.45) is 5.73 Å². The van der Waals surface area contributed by atoms with E-state index in [0.29, 0.717) is 13.1 Å². The number of hydrogen-bond donors (Lipinski definition) is 3. The van der Waals surface area contributed by atoms with Gasteiger partial charge in [-0.2, -0.15) is 12.6 Å². The normalized spacial score (nSPS) is 9.11. The fourth-order valence-electron chi connectivity index (χ4n) is 0.386. The molecular formula is C5H12N2OS. The summed E-state index contributed by atoms with van der Waals surface area (Å²) < 4.78 is 0. The number of amides is 1. The summed E-state index contributed by atoms with van der Waals surface area (Å²) in [6.45, 7) is 1.28. The van der Waals surface area contributed by atoms with Crippen LogP contribution in [0.1, 0.15) is 6.42 Å². The van der Waals surface area contributed by atoms with Crippen LogP contribution in [0.25, 0.3) is 0 Å². The third-order valence-electron chi connectivity index (χ3n) is 0.847. The molecule has 0 aromatic rings. The summed E-state index contributed by atoms with van der Waals surface area (Å²) in [7, 11) is 0. The quantitative estimate of drug-likeness (QED) is 0.368. The van der Waals surface area contributed by atoms with Gasteiger partial charge in [0.2, 0.25) is 5.91 Å². The first-order valence-corrected chi connectivity index (χ1v) is 3.52. The molecule has 0 fully saturated rings. The molecule has 0 spiro atoms. The van der Waals surface area contributed by atoms with E-state index in [0.717, 1.165) is 6.42 Å². The molecule has 0 radical (unpaired) electrons. The zero-order valence-corrected chi connectivity index (χ0v) is 6.16. The maximum Gasteiger partial charge on any atom is 0.229 e. The lowest BCUT2D eigenvalue weighted by Gasteiger charge is -1.99. The molecule has 3 nitrogen and oxygen atoms in total. The number of nitrogens with one attached hydrogen (secondary N) is 1. The van der Waals surface area contributed by atoms with Gasteiger partial charge in [0.25, 0.3) is 0 Å². The zero-order chi connectivity index (χ0) is 7.11. The maximum atomic E-state index is 10.5. The maximum absolute atomic E-state index is 10.5. The van der Waals surface area contributed by atoms with Crippen molar-refractivity contribution in [3.8, 4) is 0 Å². The second kappa shape index (κ2) is 5.91. The van der Waals surface area contributed by atoms with Gasteiger partial charge in [-0.25, -0.2) is 0 Å². The van der Waals surface area contributed by atoms with E-state index in [9.17, 15) is 4.79 Å². The van der Waals surface area contributed by atoms with Gasteiger partial charge < -0.3 is 11.1 Å². The van der Waals surface area contributed by atoms with E-state index in [-0.39, 0.29) is 11.7 Å². The topological polar surface area (TPSA) is 55.1 Å². The molecule has 4 heteroatoms. The largest absolute Gasteiger partial charge is 0.355 e. The van der Waals surface area contributed by atoms with Gasteiger partial charge in [-0.05, 0) is 13.0 Å². The zero-order valence-electron chi connectivity index (χ0n) is 5.26. The molecule has 0 aromatic carbocycles. The smallest absolute Gasteiger partial charge is 0.229 e. The number of hydrogen-bond acceptors (Lipinski definition) is 3. The van der Waals surface area contributed by atoms with Crippen LogP contribution in [0.5, 0.6) is 0 Å². The standard InChI is InChI=1S/C5H12N2OS/c6-2-1-3-7-5(8)4-9/h9H,1-4,6H2,(H,7,8). The van der Waals surface area contributed by atoms with Crippen LogP contribution in [0, 0.1) is 0 Å². The van der Waals surface area contributed by atoms with Crippen LogP contribution in [0.15, 0.2) is 0 Å². The predicted molar refractivity (Wildman–Crippen MR) is 40.5 cm³/mol. The molecule has 0 aliphatic heterocycles. The Morgan fingerprint density at radius 1 is 1.67 bits per heavy atom. The lowest BCUT2D eigenvalue weighted by molar-refractivity contribution is -0.118. The first-order valence-electron chi connectivity index (χ1n) is 2.89. The van der Waals surface area contributed by atoms with Gasteiger partial charge in [-0.15, -0.1) is 0 Å². The van der Waals surface area contributed by atoms with Crippen molar-refractivity contribution in [2.75, 3.05) is 18.8 Å². The number of nitrogens with two attached hydrogens (primary N) is 1. The SMILES string of the molecule is NCCCNC(=O)CS. The highest BCUT2D eigenvalue weighted by Gasteiger charge is 1.92. The Kier molecular flexibility index (Phi) is 5.76. The average molecular weight is 148 g/mol. The van der Waals surface area contributed by atoms with Gasteiger partial charge in [0.15, 0.2) is 0 Å². The number of rotatable bonds is 4. The highest BCUT2D eigenvalue weighted by molar-refractivity contribution is 7.81. The van der Waals surface area contributed by atoms with Crippen LogP contribution < -0.4 is 11.1 Å². The van der Waals surface area contributed by atoms with Crippen molar-refractivity contribution in [1.82, 2.24) is 5.32 Å². The van der Waals surface area contributed by atoms with Crippen LogP contribution in [0.4, 0.5) is 0 Å². The fraction of sp³-hybridized carbons (Fsp3) is 0.800. The molecule has 0 saturated carbocycles. The first kappa shape index (κ1) is 8.78. The summed E-state index contributed by atoms with van der Waals surface area (Å²) >= 11 is 3.77. The third kappa shape index (κ3) is 5.65. The minimum atomic E-state index is -0.0354. The number of thiol groups is 1. The molecule has 9 heavy (non-hydrogen) atoms. The van der Waals surface area contributed by atoms with Crippen LogP contribution in [-0.4, -0.2) is 24.7 Å². The lowest BCUT2D eigenvalue weighted by Crippen LogP contribution is -2.26. The molecule has 0 rings (SSSR count). The van der Waals surface area contributed by atoms with E-state index in [2.05, 4.69) is 17.9 Å². The summed E-state index contributed by atoms with van der Waals surface area (Å²) in [5.41, 5.74) is 5.19. The molecule has 0 atom stereocenters. The Bertz CT molecular complexity index is 87.0. The molecule has 0 bridgehead atoms. The molecule has 3 N–H and O–H groups in total. The molecular weight excluding hydrogens is 136 g/mol. The van der Waals surface area contributed by atoms with E-state index in [1.807, 2.05) is 0 Å². The van der Waals surface area contributed by atoms with Crippen molar-refractivity contribution in [3.05, 3.63) is 0 Å². The predicted octanol–water partition coefficient (Wildman–Crippen LogP) is -0.619. The Morgan fingerprint density at radius 2 is 2.33 bits per heavy atom. The number of carbonyl (C=O) groups is 1. The van der Waals surface area contributed by atoms with Gasteiger partial charge in [0.05, 0.1) is 5.75 Å². The van der Waals surface area contributed by atoms with Crippen molar-refractivity contribution < 1.29 is 4.79 Å². The van der Waals surface area contributed by atoms with E-state index in [1.54, 1.807) is 0 Å². The van der Waals surface area contributed by atoms with E-state index < -0.39 is 0 Å². The Balaban J connectivity index is 2.97. The molecule has 0 unspecified atom stereocenters. The van der Waals surface area contributed by atoms with E-state index in [4.69, 9.17) is 5.73 Å². The van der Waals surface area contributed by atoms with Crippen molar-refractivity contribution in [1.29, 1.82) is 0 Å². The Hall–Kier alpha value is -0.220. The highest BCUT2D eigenvalue weighted by atomic mass is 32.1. The molecule has 0 aromatic heterocycles. The molecule has 0 saturated heterocycles. The lowest BCUT2D eigenvalue weighted by atomic mass is 10.4.